The molecule has 3 heteroatoms. The van der Waals surface area contributed by atoms with Crippen molar-refractivity contribution in [2.45, 2.75) is 12.8 Å². The lowest BCUT2D eigenvalue weighted by atomic mass is 9.75. The van der Waals surface area contributed by atoms with Crippen molar-refractivity contribution < 1.29 is 4.74 Å². The Morgan fingerprint density at radius 3 is 3.12 bits per heavy atom. The number of fused-ring (bicyclic) bond motifs is 3. The molecule has 0 saturated carbocycles. The fraction of sp³-hybridized carbons (Fsp3) is 0.357. The molecule has 0 aromatic carbocycles. The van der Waals surface area contributed by atoms with Crippen LogP contribution in [0.2, 0.25) is 0 Å². The minimum atomic E-state index is 0.438. The van der Waals surface area contributed by atoms with Crippen molar-refractivity contribution in [3.63, 3.8) is 0 Å². The third kappa shape index (κ3) is 1.84. The molecule has 2 N–H and O–H groups in total. The van der Waals surface area contributed by atoms with Gasteiger partial charge in [0.15, 0.2) is 0 Å². The predicted octanol–water partition coefficient (Wildman–Crippen LogP) is 2.64. The zero-order chi connectivity index (χ0) is 11.8. The van der Waals surface area contributed by atoms with Gasteiger partial charge in [0.1, 0.15) is 4.99 Å². The lowest BCUT2D eigenvalue weighted by molar-refractivity contribution is 0.115. The number of thiocarbonyl (C=S) groups is 1. The van der Waals surface area contributed by atoms with E-state index in [0.717, 1.165) is 24.4 Å². The summed E-state index contributed by atoms with van der Waals surface area (Å²) in [7, 11) is 0. The van der Waals surface area contributed by atoms with Crippen LogP contribution < -0.4 is 5.73 Å². The van der Waals surface area contributed by atoms with Crippen molar-refractivity contribution in [3.8, 4) is 0 Å². The van der Waals surface area contributed by atoms with Gasteiger partial charge in [-0.25, -0.2) is 0 Å². The number of hydrogen-bond donors (Lipinski definition) is 1. The third-order valence-electron chi connectivity index (χ3n) is 3.64. The fourth-order valence-corrected chi connectivity index (χ4v) is 2.90. The highest BCUT2D eigenvalue weighted by atomic mass is 32.1. The molecular weight excluding hydrogens is 230 g/mol. The zero-order valence-corrected chi connectivity index (χ0v) is 10.4. The molecule has 0 bridgehead atoms. The summed E-state index contributed by atoms with van der Waals surface area (Å²) in [5.74, 6) is 2.08. The van der Waals surface area contributed by atoms with Gasteiger partial charge in [-0.1, -0.05) is 30.4 Å². The molecule has 2 unspecified atom stereocenters. The average molecular weight is 245 g/mol. The van der Waals surface area contributed by atoms with Gasteiger partial charge in [-0.2, -0.15) is 0 Å². The van der Waals surface area contributed by atoms with E-state index >= 15 is 0 Å². The topological polar surface area (TPSA) is 35.2 Å². The number of ether oxygens (including phenoxy) is 1. The first-order valence-corrected chi connectivity index (χ1v) is 6.41. The van der Waals surface area contributed by atoms with Crippen molar-refractivity contribution in [2.24, 2.45) is 17.6 Å². The average Bonchev–Trinajstić information content (AvgIpc) is 2.38. The summed E-state index contributed by atoms with van der Waals surface area (Å²) < 4.78 is 5.72. The predicted molar refractivity (Wildman–Crippen MR) is 72.3 cm³/mol. The maximum Gasteiger partial charge on any atom is 0.103 e. The molecule has 1 aliphatic heterocycles. The number of nitrogens with two attached hydrogens (primary N) is 1. The van der Waals surface area contributed by atoms with Gasteiger partial charge in [0, 0.05) is 17.4 Å². The first-order chi connectivity index (χ1) is 8.25. The molecular formula is C14H15NOS. The Hall–Kier alpha value is -1.35. The van der Waals surface area contributed by atoms with Gasteiger partial charge in [-0.05, 0) is 30.6 Å². The SMILES string of the molecule is NC(=S)C1=CC2=CC=C3OCCCC3C2C=C1. The molecule has 17 heavy (non-hydrogen) atoms. The summed E-state index contributed by atoms with van der Waals surface area (Å²) >= 11 is 5.02. The molecule has 2 atom stereocenters. The Kier molecular flexibility index (Phi) is 2.63. The zero-order valence-electron chi connectivity index (χ0n) is 9.56. The second-order valence-corrected chi connectivity index (χ2v) is 5.12. The normalized spacial score (nSPS) is 30.2. The Balaban J connectivity index is 1.96. The third-order valence-corrected chi connectivity index (χ3v) is 3.88. The highest BCUT2D eigenvalue weighted by Crippen LogP contribution is 2.41. The van der Waals surface area contributed by atoms with Crippen molar-refractivity contribution in [1.29, 1.82) is 0 Å². The maximum absolute atomic E-state index is 5.72. The molecule has 0 spiro atoms. The van der Waals surface area contributed by atoms with Crippen molar-refractivity contribution in [3.05, 3.63) is 47.3 Å². The highest BCUT2D eigenvalue weighted by molar-refractivity contribution is 7.80. The van der Waals surface area contributed by atoms with Crippen molar-refractivity contribution in [2.75, 3.05) is 6.61 Å². The second kappa shape index (κ2) is 4.15. The Morgan fingerprint density at radius 2 is 2.29 bits per heavy atom. The summed E-state index contributed by atoms with van der Waals surface area (Å²) in [5.41, 5.74) is 7.92. The molecule has 1 heterocycles. The molecule has 3 rings (SSSR count). The summed E-state index contributed by atoms with van der Waals surface area (Å²) in [6.07, 6.45) is 12.9. The first kappa shape index (κ1) is 10.8. The van der Waals surface area contributed by atoms with E-state index < -0.39 is 0 Å². The lowest BCUT2D eigenvalue weighted by Crippen LogP contribution is -2.27. The molecule has 1 saturated heterocycles. The van der Waals surface area contributed by atoms with E-state index in [4.69, 9.17) is 22.7 Å². The van der Waals surface area contributed by atoms with Crippen LogP contribution in [0.3, 0.4) is 0 Å². The van der Waals surface area contributed by atoms with Crippen LogP contribution in [0.15, 0.2) is 47.3 Å². The highest BCUT2D eigenvalue weighted by Gasteiger charge is 2.32. The summed E-state index contributed by atoms with van der Waals surface area (Å²) in [6.45, 7) is 0.857. The van der Waals surface area contributed by atoms with Crippen LogP contribution in [-0.4, -0.2) is 11.6 Å². The summed E-state index contributed by atoms with van der Waals surface area (Å²) in [4.78, 5) is 0.468. The number of hydrogen-bond acceptors (Lipinski definition) is 2. The molecule has 2 aliphatic carbocycles. The van der Waals surface area contributed by atoms with E-state index in [0.29, 0.717) is 16.8 Å². The number of rotatable bonds is 1. The fourth-order valence-electron chi connectivity index (χ4n) is 2.77. The molecule has 1 fully saturated rings. The van der Waals surface area contributed by atoms with E-state index in [9.17, 15) is 0 Å². The molecule has 2 nitrogen and oxygen atoms in total. The maximum atomic E-state index is 5.72. The minimum absolute atomic E-state index is 0.438. The van der Waals surface area contributed by atoms with E-state index in [1.807, 2.05) is 6.08 Å². The van der Waals surface area contributed by atoms with Crippen LogP contribution >= 0.6 is 12.2 Å². The summed E-state index contributed by atoms with van der Waals surface area (Å²) in [6, 6.07) is 0. The van der Waals surface area contributed by atoms with Gasteiger partial charge in [0.25, 0.3) is 0 Å². The van der Waals surface area contributed by atoms with Gasteiger partial charge >= 0.3 is 0 Å². The van der Waals surface area contributed by atoms with Crippen LogP contribution in [0.25, 0.3) is 0 Å². The molecule has 88 valence electrons. The van der Waals surface area contributed by atoms with Gasteiger partial charge in [-0.15, -0.1) is 0 Å². The van der Waals surface area contributed by atoms with Crippen LogP contribution in [0.5, 0.6) is 0 Å². The van der Waals surface area contributed by atoms with E-state index in [1.165, 1.54) is 12.0 Å². The quantitative estimate of drug-likeness (QED) is 0.721. The minimum Gasteiger partial charge on any atom is -0.498 e. The van der Waals surface area contributed by atoms with Crippen LogP contribution in [-0.2, 0) is 4.74 Å². The Labute approximate surface area is 107 Å². The summed E-state index contributed by atoms with van der Waals surface area (Å²) in [5, 5.41) is 0. The lowest BCUT2D eigenvalue weighted by Gasteiger charge is -2.35. The van der Waals surface area contributed by atoms with Crippen molar-refractivity contribution >= 4 is 17.2 Å². The number of allylic oxidation sites excluding steroid dienone is 6. The van der Waals surface area contributed by atoms with E-state index in [2.05, 4.69) is 24.3 Å². The second-order valence-electron chi connectivity index (χ2n) is 4.68. The molecule has 0 aromatic heterocycles. The van der Waals surface area contributed by atoms with E-state index in [1.54, 1.807) is 0 Å². The van der Waals surface area contributed by atoms with Gasteiger partial charge < -0.3 is 10.5 Å². The molecule has 0 aromatic rings. The Morgan fingerprint density at radius 1 is 1.41 bits per heavy atom. The van der Waals surface area contributed by atoms with E-state index in [-0.39, 0.29) is 0 Å². The smallest absolute Gasteiger partial charge is 0.103 e. The monoisotopic (exact) mass is 245 g/mol. The van der Waals surface area contributed by atoms with Crippen LogP contribution in [0.1, 0.15) is 12.8 Å². The molecule has 0 radical (unpaired) electrons. The standard InChI is InChI=1S/C14H15NOS/c15-14(17)10-3-5-11-9(8-10)4-6-13-12(11)2-1-7-16-13/h3-6,8,11-12H,1-2,7H2,(H2,15,17). The Bertz CT molecular complexity index is 484. The van der Waals surface area contributed by atoms with Gasteiger partial charge in [0.2, 0.25) is 0 Å². The van der Waals surface area contributed by atoms with Crippen molar-refractivity contribution in [1.82, 2.24) is 0 Å². The van der Waals surface area contributed by atoms with Gasteiger partial charge in [0.05, 0.1) is 12.4 Å². The largest absolute Gasteiger partial charge is 0.498 e. The van der Waals surface area contributed by atoms with Crippen LogP contribution in [0.4, 0.5) is 0 Å². The van der Waals surface area contributed by atoms with Crippen LogP contribution in [0, 0.1) is 11.8 Å². The molecule has 3 aliphatic rings. The molecule has 0 amide bonds. The van der Waals surface area contributed by atoms with Gasteiger partial charge in [-0.3, -0.25) is 0 Å². The first-order valence-electron chi connectivity index (χ1n) is 6.00.